The van der Waals surface area contributed by atoms with Crippen molar-refractivity contribution in [2.45, 2.75) is 44.9 Å². The summed E-state index contributed by atoms with van der Waals surface area (Å²) in [7, 11) is 0. The van der Waals surface area contributed by atoms with Gasteiger partial charge in [-0.2, -0.15) is 0 Å². The molecule has 3 rings (SSSR count). The predicted molar refractivity (Wildman–Crippen MR) is 83.7 cm³/mol. The molecule has 1 aromatic rings. The summed E-state index contributed by atoms with van der Waals surface area (Å²) in [6, 6.07) is 8.32. The number of hydrogen-bond acceptors (Lipinski definition) is 2. The highest BCUT2D eigenvalue weighted by atomic mass is 16.4. The van der Waals surface area contributed by atoms with E-state index in [4.69, 9.17) is 0 Å². The molecule has 2 aliphatic rings. The van der Waals surface area contributed by atoms with Gasteiger partial charge in [0, 0.05) is 25.4 Å². The van der Waals surface area contributed by atoms with Crippen LogP contribution in [0.2, 0.25) is 0 Å². The van der Waals surface area contributed by atoms with Gasteiger partial charge in [-0.25, -0.2) is 0 Å². The standard InChI is InChI=1S/C18H23NO3/c1-13-5-2-3-6-15(13)14-7-10-19(12-14)16(20)11-18(17(21)22)8-4-9-18/h2-3,5-6,14H,4,7-12H2,1H3,(H,21,22). The van der Waals surface area contributed by atoms with Crippen LogP contribution in [-0.2, 0) is 9.59 Å². The summed E-state index contributed by atoms with van der Waals surface area (Å²) in [6.07, 6.45) is 3.34. The molecule has 1 saturated carbocycles. The van der Waals surface area contributed by atoms with E-state index in [0.29, 0.717) is 18.8 Å². The highest BCUT2D eigenvalue weighted by Crippen LogP contribution is 2.45. The maximum atomic E-state index is 12.5. The molecule has 0 bridgehead atoms. The molecular weight excluding hydrogens is 278 g/mol. The normalized spacial score (nSPS) is 23.1. The van der Waals surface area contributed by atoms with Crippen molar-refractivity contribution >= 4 is 11.9 Å². The van der Waals surface area contributed by atoms with E-state index in [1.54, 1.807) is 0 Å². The third-order valence-corrected chi connectivity index (χ3v) is 5.42. The molecule has 0 radical (unpaired) electrons. The number of carbonyl (C=O) groups excluding carboxylic acids is 1. The van der Waals surface area contributed by atoms with Crippen LogP contribution in [0, 0.1) is 12.3 Å². The summed E-state index contributed by atoms with van der Waals surface area (Å²) in [4.78, 5) is 25.8. The Morgan fingerprint density at radius 2 is 2.05 bits per heavy atom. The van der Waals surface area contributed by atoms with Crippen molar-refractivity contribution in [3.8, 4) is 0 Å². The van der Waals surface area contributed by atoms with Crippen LogP contribution < -0.4 is 0 Å². The Balaban J connectivity index is 1.64. The number of nitrogens with zero attached hydrogens (tertiary/aromatic N) is 1. The quantitative estimate of drug-likeness (QED) is 0.930. The van der Waals surface area contributed by atoms with Crippen molar-refractivity contribution in [1.29, 1.82) is 0 Å². The lowest BCUT2D eigenvalue weighted by molar-refractivity contribution is -0.159. The van der Waals surface area contributed by atoms with E-state index in [1.807, 2.05) is 17.0 Å². The van der Waals surface area contributed by atoms with Crippen molar-refractivity contribution < 1.29 is 14.7 Å². The Morgan fingerprint density at radius 3 is 2.64 bits per heavy atom. The van der Waals surface area contributed by atoms with E-state index in [0.717, 1.165) is 25.9 Å². The van der Waals surface area contributed by atoms with E-state index in [1.165, 1.54) is 11.1 Å². The number of aliphatic carboxylic acids is 1. The summed E-state index contributed by atoms with van der Waals surface area (Å²) >= 11 is 0. The van der Waals surface area contributed by atoms with Crippen LogP contribution in [0.4, 0.5) is 0 Å². The van der Waals surface area contributed by atoms with Gasteiger partial charge in [-0.1, -0.05) is 30.7 Å². The average molecular weight is 301 g/mol. The molecule has 118 valence electrons. The molecule has 22 heavy (non-hydrogen) atoms. The molecule has 1 unspecified atom stereocenters. The fourth-order valence-corrected chi connectivity index (χ4v) is 3.76. The number of amides is 1. The van der Waals surface area contributed by atoms with Crippen LogP contribution in [0.15, 0.2) is 24.3 Å². The number of rotatable bonds is 4. The lowest BCUT2D eigenvalue weighted by Gasteiger charge is -2.38. The van der Waals surface area contributed by atoms with Gasteiger partial charge >= 0.3 is 5.97 Å². The van der Waals surface area contributed by atoms with Crippen LogP contribution in [0.25, 0.3) is 0 Å². The lowest BCUT2D eigenvalue weighted by atomic mass is 9.66. The van der Waals surface area contributed by atoms with Crippen LogP contribution in [-0.4, -0.2) is 35.0 Å². The largest absolute Gasteiger partial charge is 0.481 e. The molecule has 0 aromatic heterocycles. The third kappa shape index (κ3) is 2.62. The number of aryl methyl sites for hydroxylation is 1. The number of likely N-dealkylation sites (tertiary alicyclic amines) is 1. The Hall–Kier alpha value is -1.84. The fourth-order valence-electron chi connectivity index (χ4n) is 3.76. The molecule has 4 heteroatoms. The predicted octanol–water partition coefficient (Wildman–Crippen LogP) is 2.96. The zero-order valence-electron chi connectivity index (χ0n) is 13.0. The Kier molecular flexibility index (Phi) is 3.94. The molecule has 1 atom stereocenters. The van der Waals surface area contributed by atoms with E-state index >= 15 is 0 Å². The van der Waals surface area contributed by atoms with Gasteiger partial charge in [-0.3, -0.25) is 9.59 Å². The molecule has 1 amide bonds. The van der Waals surface area contributed by atoms with Gasteiger partial charge in [0.05, 0.1) is 5.41 Å². The Labute approximate surface area is 131 Å². The third-order valence-electron chi connectivity index (χ3n) is 5.42. The minimum Gasteiger partial charge on any atom is -0.481 e. The van der Waals surface area contributed by atoms with Crippen molar-refractivity contribution in [2.24, 2.45) is 5.41 Å². The van der Waals surface area contributed by atoms with Gasteiger partial charge < -0.3 is 10.0 Å². The summed E-state index contributed by atoms with van der Waals surface area (Å²) in [5.41, 5.74) is 1.80. The van der Waals surface area contributed by atoms with Crippen molar-refractivity contribution in [2.75, 3.05) is 13.1 Å². The molecule has 1 heterocycles. The number of carboxylic acid groups (broad SMARTS) is 1. The highest BCUT2D eigenvalue weighted by molar-refractivity contribution is 5.85. The first-order valence-corrected chi connectivity index (χ1v) is 8.08. The van der Waals surface area contributed by atoms with Crippen molar-refractivity contribution in [3.63, 3.8) is 0 Å². The lowest BCUT2D eigenvalue weighted by Crippen LogP contribution is -2.43. The molecule has 1 saturated heterocycles. The second-order valence-electron chi connectivity index (χ2n) is 6.80. The SMILES string of the molecule is Cc1ccccc1C1CCN(C(=O)CC2(C(=O)O)CCC2)C1. The molecule has 1 N–H and O–H groups in total. The first kappa shape index (κ1) is 15.1. The topological polar surface area (TPSA) is 57.6 Å². The smallest absolute Gasteiger partial charge is 0.310 e. The molecular formula is C18H23NO3. The van der Waals surface area contributed by atoms with E-state index in [2.05, 4.69) is 19.1 Å². The number of benzene rings is 1. The number of hydrogen-bond donors (Lipinski definition) is 1. The summed E-state index contributed by atoms with van der Waals surface area (Å²) in [5.74, 6) is -0.410. The van der Waals surface area contributed by atoms with Crippen molar-refractivity contribution in [1.82, 2.24) is 4.90 Å². The van der Waals surface area contributed by atoms with E-state index < -0.39 is 11.4 Å². The van der Waals surface area contributed by atoms with Gasteiger partial charge in [-0.15, -0.1) is 0 Å². The summed E-state index contributed by atoms with van der Waals surface area (Å²) in [5, 5.41) is 9.37. The monoisotopic (exact) mass is 301 g/mol. The number of carboxylic acids is 1. The van der Waals surface area contributed by atoms with Crippen LogP contribution in [0.5, 0.6) is 0 Å². The molecule has 0 spiro atoms. The van der Waals surface area contributed by atoms with Crippen LogP contribution in [0.1, 0.15) is 49.1 Å². The van der Waals surface area contributed by atoms with Crippen molar-refractivity contribution in [3.05, 3.63) is 35.4 Å². The summed E-state index contributed by atoms with van der Waals surface area (Å²) < 4.78 is 0. The maximum Gasteiger partial charge on any atom is 0.310 e. The minimum atomic E-state index is -0.804. The van der Waals surface area contributed by atoms with Gasteiger partial charge in [0.2, 0.25) is 5.91 Å². The van der Waals surface area contributed by atoms with Crippen LogP contribution in [0.3, 0.4) is 0 Å². The average Bonchev–Trinajstić information content (AvgIpc) is 2.92. The molecule has 1 aliphatic carbocycles. The van der Waals surface area contributed by atoms with Gasteiger partial charge in [0.25, 0.3) is 0 Å². The fraction of sp³-hybridized carbons (Fsp3) is 0.556. The zero-order valence-corrected chi connectivity index (χ0v) is 13.0. The molecule has 2 fully saturated rings. The molecule has 1 aliphatic heterocycles. The first-order valence-electron chi connectivity index (χ1n) is 8.08. The Morgan fingerprint density at radius 1 is 1.32 bits per heavy atom. The second kappa shape index (κ2) is 5.75. The van der Waals surface area contributed by atoms with Gasteiger partial charge in [-0.05, 0) is 37.3 Å². The first-order chi connectivity index (χ1) is 10.5. The maximum absolute atomic E-state index is 12.5. The Bertz CT molecular complexity index is 592. The minimum absolute atomic E-state index is 0.0122. The van der Waals surface area contributed by atoms with Crippen LogP contribution >= 0.6 is 0 Å². The number of carbonyl (C=O) groups is 2. The van der Waals surface area contributed by atoms with Gasteiger partial charge in [0.15, 0.2) is 0 Å². The highest BCUT2D eigenvalue weighted by Gasteiger charge is 2.47. The molecule has 1 aromatic carbocycles. The second-order valence-corrected chi connectivity index (χ2v) is 6.80. The summed E-state index contributed by atoms with van der Waals surface area (Å²) in [6.45, 7) is 3.57. The van der Waals surface area contributed by atoms with E-state index in [-0.39, 0.29) is 12.3 Å². The van der Waals surface area contributed by atoms with E-state index in [9.17, 15) is 14.7 Å². The van der Waals surface area contributed by atoms with Gasteiger partial charge in [0.1, 0.15) is 0 Å². The molecule has 4 nitrogen and oxygen atoms in total. The zero-order chi connectivity index (χ0) is 15.7.